The van der Waals surface area contributed by atoms with Crippen molar-refractivity contribution in [3.63, 3.8) is 0 Å². The molecular weight excluding hydrogens is 631 g/mol. The molecule has 10 aromatic rings. The van der Waals surface area contributed by atoms with Gasteiger partial charge in [0.2, 0.25) is 0 Å². The molecule has 1 aromatic heterocycles. The summed E-state index contributed by atoms with van der Waals surface area (Å²) in [6.45, 7) is 0. The fourth-order valence-electron chi connectivity index (χ4n) is 7.78. The van der Waals surface area contributed by atoms with Gasteiger partial charge in [0.1, 0.15) is 11.2 Å². The van der Waals surface area contributed by atoms with Gasteiger partial charge >= 0.3 is 0 Å². The molecule has 0 radical (unpaired) electrons. The van der Waals surface area contributed by atoms with Crippen LogP contribution in [-0.4, -0.2) is 0 Å². The van der Waals surface area contributed by atoms with Gasteiger partial charge in [0, 0.05) is 22.0 Å². The summed E-state index contributed by atoms with van der Waals surface area (Å²) in [7, 11) is 0. The number of hydrogen-bond acceptors (Lipinski definition) is 2. The normalized spacial score (nSPS) is 11.5. The van der Waals surface area contributed by atoms with Gasteiger partial charge in [-0.2, -0.15) is 0 Å². The average molecular weight is 664 g/mol. The molecule has 0 spiro atoms. The lowest BCUT2D eigenvalue weighted by Crippen LogP contribution is -2.11. The van der Waals surface area contributed by atoms with E-state index in [1.54, 1.807) is 0 Å². The van der Waals surface area contributed by atoms with Crippen LogP contribution in [0.4, 0.5) is 17.1 Å². The summed E-state index contributed by atoms with van der Waals surface area (Å²) in [5, 5.41) is 6.87. The minimum Gasteiger partial charge on any atom is -0.455 e. The Bertz CT molecular complexity index is 2890. The zero-order valence-electron chi connectivity index (χ0n) is 28.4. The number of anilines is 3. The SMILES string of the molecule is c1ccc(-c2ccc(-c3ccccc3N(c3ccc4ccccc4c3)c3cccc4oc5c6ccccc6c(-c6ccccc6)cc5c34)cc2)cc1. The summed E-state index contributed by atoms with van der Waals surface area (Å²) in [4.78, 5) is 2.42. The van der Waals surface area contributed by atoms with E-state index in [2.05, 4.69) is 205 Å². The fourth-order valence-corrected chi connectivity index (χ4v) is 7.78. The maximum absolute atomic E-state index is 6.83. The second-order valence-electron chi connectivity index (χ2n) is 13.3. The number of hydrogen-bond donors (Lipinski definition) is 0. The second kappa shape index (κ2) is 12.5. The molecule has 1 heterocycles. The fraction of sp³-hybridized carbons (Fsp3) is 0. The van der Waals surface area contributed by atoms with Gasteiger partial charge in [-0.3, -0.25) is 0 Å². The van der Waals surface area contributed by atoms with Crippen LogP contribution in [0.3, 0.4) is 0 Å². The first-order chi connectivity index (χ1) is 25.8. The molecule has 0 saturated heterocycles. The molecule has 0 aliphatic carbocycles. The Kier molecular flexibility index (Phi) is 7.18. The molecule has 52 heavy (non-hydrogen) atoms. The molecule has 9 aromatic carbocycles. The highest BCUT2D eigenvalue weighted by molar-refractivity contribution is 6.22. The van der Waals surface area contributed by atoms with Crippen LogP contribution in [-0.2, 0) is 0 Å². The van der Waals surface area contributed by atoms with E-state index in [4.69, 9.17) is 4.42 Å². The van der Waals surface area contributed by atoms with Crippen LogP contribution in [0.5, 0.6) is 0 Å². The highest BCUT2D eigenvalue weighted by Crippen LogP contribution is 2.48. The molecule has 0 aliphatic rings. The van der Waals surface area contributed by atoms with Crippen molar-refractivity contribution >= 4 is 60.5 Å². The monoisotopic (exact) mass is 663 g/mol. The smallest absolute Gasteiger partial charge is 0.143 e. The van der Waals surface area contributed by atoms with E-state index >= 15 is 0 Å². The quantitative estimate of drug-likeness (QED) is 0.176. The van der Waals surface area contributed by atoms with Gasteiger partial charge in [-0.15, -0.1) is 0 Å². The Balaban J connectivity index is 1.25. The van der Waals surface area contributed by atoms with Crippen LogP contribution in [0, 0.1) is 0 Å². The zero-order chi connectivity index (χ0) is 34.4. The molecule has 0 atom stereocenters. The average Bonchev–Trinajstić information content (AvgIpc) is 3.61. The van der Waals surface area contributed by atoms with Crippen molar-refractivity contribution in [3.8, 4) is 33.4 Å². The molecule has 2 nitrogen and oxygen atoms in total. The van der Waals surface area contributed by atoms with E-state index in [1.165, 1.54) is 38.4 Å². The molecule has 0 fully saturated rings. The maximum atomic E-state index is 6.83. The van der Waals surface area contributed by atoms with Crippen molar-refractivity contribution in [2.24, 2.45) is 0 Å². The lowest BCUT2D eigenvalue weighted by Gasteiger charge is -2.29. The molecule has 2 heteroatoms. The third-order valence-corrected chi connectivity index (χ3v) is 10.2. The number of rotatable bonds is 6. The van der Waals surface area contributed by atoms with E-state index in [-0.39, 0.29) is 0 Å². The van der Waals surface area contributed by atoms with E-state index in [9.17, 15) is 0 Å². The number of furan rings is 1. The van der Waals surface area contributed by atoms with Crippen molar-refractivity contribution in [3.05, 3.63) is 200 Å². The Hall–Kier alpha value is -6.90. The van der Waals surface area contributed by atoms with Crippen LogP contribution in [0.2, 0.25) is 0 Å². The van der Waals surface area contributed by atoms with Crippen molar-refractivity contribution in [2.75, 3.05) is 4.90 Å². The number of benzene rings is 9. The Labute approximate surface area is 302 Å². The third kappa shape index (κ3) is 5.04. The predicted molar refractivity (Wildman–Crippen MR) is 220 cm³/mol. The molecule has 0 N–H and O–H groups in total. The molecule has 244 valence electrons. The maximum Gasteiger partial charge on any atom is 0.143 e. The van der Waals surface area contributed by atoms with Crippen LogP contribution >= 0.6 is 0 Å². The van der Waals surface area contributed by atoms with Crippen molar-refractivity contribution in [1.82, 2.24) is 0 Å². The molecule has 0 amide bonds. The predicted octanol–water partition coefficient (Wildman–Crippen LogP) is 14.4. The Morgan fingerprint density at radius 1 is 0.346 bits per heavy atom. The van der Waals surface area contributed by atoms with Crippen molar-refractivity contribution in [1.29, 1.82) is 0 Å². The van der Waals surface area contributed by atoms with Gasteiger partial charge in [0.05, 0.1) is 16.8 Å². The summed E-state index contributed by atoms with van der Waals surface area (Å²) in [6.07, 6.45) is 0. The molecule has 0 bridgehead atoms. The minimum atomic E-state index is 0.860. The summed E-state index contributed by atoms with van der Waals surface area (Å²) in [6, 6.07) is 71.6. The second-order valence-corrected chi connectivity index (χ2v) is 13.3. The summed E-state index contributed by atoms with van der Waals surface area (Å²) >= 11 is 0. The van der Waals surface area contributed by atoms with Gasteiger partial charge in [-0.25, -0.2) is 0 Å². The number of nitrogens with zero attached hydrogens (tertiary/aromatic N) is 1. The molecule has 0 aliphatic heterocycles. The molecule has 0 unspecified atom stereocenters. The van der Waals surface area contributed by atoms with Crippen molar-refractivity contribution in [2.45, 2.75) is 0 Å². The lowest BCUT2D eigenvalue weighted by atomic mass is 9.94. The number of para-hydroxylation sites is 1. The topological polar surface area (TPSA) is 16.4 Å². The molecule has 10 rings (SSSR count). The summed E-state index contributed by atoms with van der Waals surface area (Å²) < 4.78 is 6.83. The Morgan fingerprint density at radius 3 is 1.75 bits per heavy atom. The first kappa shape index (κ1) is 30.0. The summed E-state index contributed by atoms with van der Waals surface area (Å²) in [5.74, 6) is 0. The van der Waals surface area contributed by atoms with Gasteiger partial charge in [0.25, 0.3) is 0 Å². The van der Waals surface area contributed by atoms with Crippen LogP contribution in [0.1, 0.15) is 0 Å². The third-order valence-electron chi connectivity index (χ3n) is 10.2. The highest BCUT2D eigenvalue weighted by Gasteiger charge is 2.23. The Morgan fingerprint density at radius 2 is 0.942 bits per heavy atom. The zero-order valence-corrected chi connectivity index (χ0v) is 28.4. The van der Waals surface area contributed by atoms with E-state index < -0.39 is 0 Å². The van der Waals surface area contributed by atoms with Gasteiger partial charge in [-0.05, 0) is 80.4 Å². The highest BCUT2D eigenvalue weighted by atomic mass is 16.3. The van der Waals surface area contributed by atoms with Crippen LogP contribution in [0.25, 0.3) is 76.9 Å². The van der Waals surface area contributed by atoms with Gasteiger partial charge in [-0.1, -0.05) is 164 Å². The number of fused-ring (bicyclic) bond motifs is 6. The first-order valence-electron chi connectivity index (χ1n) is 17.8. The van der Waals surface area contributed by atoms with Gasteiger partial charge < -0.3 is 9.32 Å². The van der Waals surface area contributed by atoms with Crippen molar-refractivity contribution < 1.29 is 4.42 Å². The molecular formula is C50H33NO. The molecule has 0 saturated carbocycles. The van der Waals surface area contributed by atoms with E-state index in [0.29, 0.717) is 0 Å². The van der Waals surface area contributed by atoms with E-state index in [0.717, 1.165) is 55.5 Å². The van der Waals surface area contributed by atoms with Gasteiger partial charge in [0.15, 0.2) is 0 Å². The minimum absolute atomic E-state index is 0.860. The lowest BCUT2D eigenvalue weighted by molar-refractivity contribution is 0.672. The van der Waals surface area contributed by atoms with Crippen LogP contribution in [0.15, 0.2) is 205 Å². The standard InChI is InChI=1S/C50H33NO/c1-3-14-34(15-4-1)36-26-28-38(29-27-36)41-20-11-12-23-46(41)51(40-31-30-35-16-7-8-19-39(35)32-40)47-24-13-25-48-49(47)45-33-44(37-17-5-2-6-18-37)42-21-9-10-22-43(42)50(45)52-48/h1-33H. The largest absolute Gasteiger partial charge is 0.455 e. The first-order valence-corrected chi connectivity index (χ1v) is 17.8. The van der Waals surface area contributed by atoms with E-state index in [1.807, 2.05) is 0 Å². The summed E-state index contributed by atoms with van der Waals surface area (Å²) in [5.41, 5.74) is 12.1. The van der Waals surface area contributed by atoms with Crippen LogP contribution < -0.4 is 4.90 Å².